The molecule has 2 amide bonds. The Morgan fingerprint density at radius 2 is 1.65 bits per heavy atom. The van der Waals surface area contributed by atoms with Crippen LogP contribution < -0.4 is 5.32 Å². The van der Waals surface area contributed by atoms with Gasteiger partial charge >= 0.3 is 0 Å². The van der Waals surface area contributed by atoms with Crippen LogP contribution in [0.3, 0.4) is 0 Å². The molecule has 1 aliphatic rings. The molecule has 1 aliphatic heterocycles. The van der Waals surface area contributed by atoms with E-state index in [2.05, 4.69) is 5.32 Å². The zero-order valence-electron chi connectivity index (χ0n) is 14.5. The number of nitrogens with zero attached hydrogens (tertiary/aromatic N) is 1. The van der Waals surface area contributed by atoms with Crippen molar-refractivity contribution in [3.63, 3.8) is 0 Å². The van der Waals surface area contributed by atoms with Crippen molar-refractivity contribution in [1.29, 1.82) is 0 Å². The van der Waals surface area contributed by atoms with Crippen molar-refractivity contribution in [2.24, 2.45) is 0 Å². The molecule has 6 heteroatoms. The summed E-state index contributed by atoms with van der Waals surface area (Å²) in [5, 5.41) is 2.84. The molecule has 26 heavy (non-hydrogen) atoms. The van der Waals surface area contributed by atoms with E-state index in [0.29, 0.717) is 26.3 Å². The van der Waals surface area contributed by atoms with Crippen LogP contribution in [0, 0.1) is 0 Å². The standard InChI is InChI=1S/C20H22N2O3S/c23-19(13-22-10-11-26-20(22)24)21-12-16-6-8-18(9-7-16)15-25-14-17-4-2-1-3-5-17/h1-9H,10-15H2,(H,21,23). The largest absolute Gasteiger partial charge is 0.372 e. The van der Waals surface area contributed by atoms with Crippen LogP contribution in [-0.2, 0) is 29.3 Å². The Bertz CT molecular complexity index is 734. The van der Waals surface area contributed by atoms with E-state index < -0.39 is 0 Å². The van der Waals surface area contributed by atoms with Gasteiger partial charge in [0.1, 0.15) is 6.54 Å². The Morgan fingerprint density at radius 3 is 2.31 bits per heavy atom. The first-order chi connectivity index (χ1) is 12.7. The summed E-state index contributed by atoms with van der Waals surface area (Å²) in [4.78, 5) is 25.0. The van der Waals surface area contributed by atoms with Gasteiger partial charge in [0.05, 0.1) is 13.2 Å². The Balaban J connectivity index is 1.38. The normalized spacial score (nSPS) is 13.8. The van der Waals surface area contributed by atoms with Crippen molar-refractivity contribution in [1.82, 2.24) is 10.2 Å². The van der Waals surface area contributed by atoms with Crippen LogP contribution in [0.4, 0.5) is 4.79 Å². The van der Waals surface area contributed by atoms with Crippen LogP contribution >= 0.6 is 11.8 Å². The maximum absolute atomic E-state index is 11.9. The lowest BCUT2D eigenvalue weighted by Gasteiger charge is -2.14. The lowest BCUT2D eigenvalue weighted by Crippen LogP contribution is -2.36. The lowest BCUT2D eigenvalue weighted by atomic mass is 10.1. The molecule has 1 heterocycles. The van der Waals surface area contributed by atoms with Gasteiger partial charge in [-0.15, -0.1) is 0 Å². The molecule has 3 rings (SSSR count). The molecular weight excluding hydrogens is 348 g/mol. The average molecular weight is 370 g/mol. The Labute approximate surface area is 157 Å². The number of carbonyl (C=O) groups excluding carboxylic acids is 2. The third kappa shape index (κ3) is 5.61. The molecule has 0 aliphatic carbocycles. The summed E-state index contributed by atoms with van der Waals surface area (Å²) in [7, 11) is 0. The van der Waals surface area contributed by atoms with Crippen molar-refractivity contribution in [2.45, 2.75) is 19.8 Å². The summed E-state index contributed by atoms with van der Waals surface area (Å²) in [6, 6.07) is 18.1. The predicted molar refractivity (Wildman–Crippen MR) is 103 cm³/mol. The first-order valence-corrected chi connectivity index (χ1v) is 9.57. The van der Waals surface area contributed by atoms with Gasteiger partial charge in [0, 0.05) is 18.8 Å². The second kappa shape index (κ2) is 9.40. The fraction of sp³-hybridized carbons (Fsp3) is 0.300. The van der Waals surface area contributed by atoms with E-state index in [1.807, 2.05) is 54.6 Å². The highest BCUT2D eigenvalue weighted by molar-refractivity contribution is 8.13. The quantitative estimate of drug-likeness (QED) is 0.775. The molecule has 136 valence electrons. The number of rotatable bonds is 8. The number of carbonyl (C=O) groups is 2. The topological polar surface area (TPSA) is 58.6 Å². The van der Waals surface area contributed by atoms with E-state index in [0.717, 1.165) is 22.4 Å². The van der Waals surface area contributed by atoms with Crippen molar-refractivity contribution < 1.29 is 14.3 Å². The van der Waals surface area contributed by atoms with Crippen LogP contribution in [-0.4, -0.2) is 34.9 Å². The smallest absolute Gasteiger partial charge is 0.282 e. The number of ether oxygens (including phenoxy) is 1. The van der Waals surface area contributed by atoms with E-state index >= 15 is 0 Å². The molecule has 0 saturated carbocycles. The van der Waals surface area contributed by atoms with E-state index in [9.17, 15) is 9.59 Å². The minimum absolute atomic E-state index is 0.0139. The van der Waals surface area contributed by atoms with E-state index in [-0.39, 0.29) is 17.7 Å². The zero-order valence-corrected chi connectivity index (χ0v) is 15.3. The van der Waals surface area contributed by atoms with Gasteiger partial charge in [-0.05, 0) is 16.7 Å². The number of nitrogens with one attached hydrogen (secondary N) is 1. The summed E-state index contributed by atoms with van der Waals surface area (Å²) in [6.45, 7) is 2.38. The van der Waals surface area contributed by atoms with Crippen molar-refractivity contribution in [3.05, 3.63) is 71.3 Å². The van der Waals surface area contributed by atoms with E-state index in [4.69, 9.17) is 4.74 Å². The molecule has 0 radical (unpaired) electrons. The van der Waals surface area contributed by atoms with E-state index in [1.165, 1.54) is 11.8 Å². The second-order valence-electron chi connectivity index (χ2n) is 6.11. The summed E-state index contributed by atoms with van der Waals surface area (Å²) in [6.07, 6.45) is 0. The molecule has 5 nitrogen and oxygen atoms in total. The summed E-state index contributed by atoms with van der Waals surface area (Å²) < 4.78 is 5.72. The molecule has 0 aromatic heterocycles. The average Bonchev–Trinajstić information content (AvgIpc) is 3.06. The second-order valence-corrected chi connectivity index (χ2v) is 7.15. The van der Waals surface area contributed by atoms with Crippen LogP contribution in [0.25, 0.3) is 0 Å². The van der Waals surface area contributed by atoms with Gasteiger partial charge in [0.15, 0.2) is 0 Å². The van der Waals surface area contributed by atoms with Gasteiger partial charge in [0.25, 0.3) is 5.24 Å². The first kappa shape index (κ1) is 18.5. The van der Waals surface area contributed by atoms with Gasteiger partial charge in [-0.25, -0.2) is 0 Å². The molecule has 1 saturated heterocycles. The highest BCUT2D eigenvalue weighted by Gasteiger charge is 2.22. The summed E-state index contributed by atoms with van der Waals surface area (Å²) in [5.41, 5.74) is 3.27. The molecule has 0 atom stereocenters. The Hall–Kier alpha value is -2.31. The van der Waals surface area contributed by atoms with Gasteiger partial charge in [-0.2, -0.15) is 0 Å². The minimum Gasteiger partial charge on any atom is -0.372 e. The third-order valence-corrected chi connectivity index (χ3v) is 4.96. The van der Waals surface area contributed by atoms with Crippen LogP contribution in [0.1, 0.15) is 16.7 Å². The van der Waals surface area contributed by atoms with E-state index in [1.54, 1.807) is 4.90 Å². The minimum atomic E-state index is -0.129. The monoisotopic (exact) mass is 370 g/mol. The highest BCUT2D eigenvalue weighted by Crippen LogP contribution is 2.16. The molecule has 2 aromatic carbocycles. The fourth-order valence-corrected chi connectivity index (χ4v) is 3.44. The van der Waals surface area contributed by atoms with Gasteiger partial charge in [-0.1, -0.05) is 66.4 Å². The number of benzene rings is 2. The maximum atomic E-state index is 11.9. The molecular formula is C20H22N2O3S. The van der Waals surface area contributed by atoms with Crippen LogP contribution in [0.5, 0.6) is 0 Å². The lowest BCUT2D eigenvalue weighted by molar-refractivity contribution is -0.121. The SMILES string of the molecule is O=C(CN1CCSC1=O)NCc1ccc(COCc2ccccc2)cc1. The number of hydrogen-bond donors (Lipinski definition) is 1. The number of thioether (sulfide) groups is 1. The van der Waals surface area contributed by atoms with Gasteiger partial charge < -0.3 is 15.0 Å². The highest BCUT2D eigenvalue weighted by atomic mass is 32.2. The third-order valence-electron chi connectivity index (χ3n) is 4.07. The molecule has 2 aromatic rings. The Morgan fingerprint density at radius 1 is 1.00 bits per heavy atom. The van der Waals surface area contributed by atoms with Gasteiger partial charge in [0.2, 0.25) is 5.91 Å². The fourth-order valence-electron chi connectivity index (χ4n) is 2.61. The summed E-state index contributed by atoms with van der Waals surface area (Å²) >= 11 is 1.26. The van der Waals surface area contributed by atoms with Gasteiger partial charge in [-0.3, -0.25) is 9.59 Å². The molecule has 0 spiro atoms. The van der Waals surface area contributed by atoms with Crippen molar-refractivity contribution >= 4 is 22.9 Å². The number of hydrogen-bond acceptors (Lipinski definition) is 4. The maximum Gasteiger partial charge on any atom is 0.282 e. The van der Waals surface area contributed by atoms with Crippen molar-refractivity contribution in [3.8, 4) is 0 Å². The first-order valence-electron chi connectivity index (χ1n) is 8.58. The van der Waals surface area contributed by atoms with Crippen LogP contribution in [0.15, 0.2) is 54.6 Å². The molecule has 1 fully saturated rings. The molecule has 1 N–H and O–H groups in total. The number of amides is 2. The van der Waals surface area contributed by atoms with Crippen molar-refractivity contribution in [2.75, 3.05) is 18.8 Å². The molecule has 0 bridgehead atoms. The van der Waals surface area contributed by atoms with Crippen LogP contribution in [0.2, 0.25) is 0 Å². The predicted octanol–water partition coefficient (Wildman–Crippen LogP) is 3.19. The Kier molecular flexibility index (Phi) is 6.68. The summed E-state index contributed by atoms with van der Waals surface area (Å²) in [5.74, 6) is 0.635. The molecule has 0 unspecified atom stereocenters. The zero-order chi connectivity index (χ0) is 18.2.